The number of hydrogen-bond donors (Lipinski definition) is 1. The van der Waals surface area contributed by atoms with Crippen LogP contribution in [0.1, 0.15) is 6.42 Å². The van der Waals surface area contributed by atoms with E-state index in [4.69, 9.17) is 0 Å². The summed E-state index contributed by atoms with van der Waals surface area (Å²) in [6.45, 7) is 3.41. The van der Waals surface area contributed by atoms with Gasteiger partial charge in [0.25, 0.3) is 0 Å². The van der Waals surface area contributed by atoms with E-state index in [2.05, 4.69) is 10.3 Å². The lowest BCUT2D eigenvalue weighted by Crippen LogP contribution is -2.12. The van der Waals surface area contributed by atoms with Gasteiger partial charge >= 0.3 is 0 Å². The van der Waals surface area contributed by atoms with Crippen molar-refractivity contribution < 1.29 is 0 Å². The number of thioether (sulfide) groups is 2. The van der Waals surface area contributed by atoms with Crippen molar-refractivity contribution >= 4 is 27.9 Å². The van der Waals surface area contributed by atoms with Gasteiger partial charge in [-0.15, -0.1) is 0 Å². The average molecular weight is 188 g/mol. The number of aliphatic imine (C=N–C) groups is 1. The van der Waals surface area contributed by atoms with E-state index in [9.17, 15) is 0 Å². The van der Waals surface area contributed by atoms with Crippen LogP contribution in [-0.2, 0) is 0 Å². The van der Waals surface area contributed by atoms with Gasteiger partial charge < -0.3 is 5.32 Å². The van der Waals surface area contributed by atoms with E-state index < -0.39 is 0 Å². The molecule has 2 saturated heterocycles. The van der Waals surface area contributed by atoms with Crippen molar-refractivity contribution in [3.05, 3.63) is 0 Å². The number of rotatable bonds is 2. The van der Waals surface area contributed by atoms with E-state index in [1.54, 1.807) is 0 Å². The van der Waals surface area contributed by atoms with Crippen LogP contribution < -0.4 is 5.32 Å². The first-order valence-corrected chi connectivity index (χ1v) is 5.93. The lowest BCUT2D eigenvalue weighted by molar-refractivity contribution is 0.599. The summed E-state index contributed by atoms with van der Waals surface area (Å²) >= 11 is 3.76. The predicted octanol–water partition coefficient (Wildman–Crippen LogP) is 1.39. The van der Waals surface area contributed by atoms with Crippen LogP contribution in [0.2, 0.25) is 0 Å². The first-order chi connectivity index (χ1) is 5.45. The molecule has 0 radical (unpaired) electrons. The average Bonchev–Trinajstić information content (AvgIpc) is 2.36. The van der Waals surface area contributed by atoms with Crippen molar-refractivity contribution in [3.63, 3.8) is 0 Å². The Kier molecular flexibility index (Phi) is 2.77. The smallest absolute Gasteiger partial charge is 0.126 e. The Bertz CT molecular complexity index is 158. The maximum Gasteiger partial charge on any atom is 0.126 e. The molecule has 0 spiro atoms. The molecule has 2 rings (SSSR count). The molecular weight excluding hydrogens is 176 g/mol. The zero-order valence-corrected chi connectivity index (χ0v) is 8.01. The fourth-order valence-electron chi connectivity index (χ4n) is 1.28. The third kappa shape index (κ3) is 2.13. The van der Waals surface area contributed by atoms with E-state index in [-0.39, 0.29) is 0 Å². The number of nitrogens with zero attached hydrogens (tertiary/aromatic N) is 1. The van der Waals surface area contributed by atoms with E-state index >= 15 is 0 Å². The van der Waals surface area contributed by atoms with Crippen LogP contribution in [0, 0.1) is 5.92 Å². The second-order valence-corrected chi connectivity index (χ2v) is 5.42. The van der Waals surface area contributed by atoms with Gasteiger partial charge in [-0.2, -0.15) is 0 Å². The van der Waals surface area contributed by atoms with Gasteiger partial charge in [-0.25, -0.2) is 0 Å². The Morgan fingerprint density at radius 1 is 1.55 bits per heavy atom. The van der Waals surface area contributed by atoms with Crippen molar-refractivity contribution in [3.8, 4) is 0 Å². The molecule has 0 saturated carbocycles. The first kappa shape index (κ1) is 7.95. The summed E-state index contributed by atoms with van der Waals surface area (Å²) in [5, 5.41) is 4.56. The molecule has 0 aromatic carbocycles. The lowest BCUT2D eigenvalue weighted by atomic mass is 10.1. The highest BCUT2D eigenvalue weighted by Crippen LogP contribution is 2.32. The lowest BCUT2D eigenvalue weighted by Gasteiger charge is -2.13. The fraction of sp³-hybridized carbons (Fsp3) is 0.857. The van der Waals surface area contributed by atoms with Gasteiger partial charge in [-0.1, -0.05) is 23.5 Å². The largest absolute Gasteiger partial charge is 0.316 e. The second kappa shape index (κ2) is 3.83. The molecule has 1 N–H and O–H groups in total. The number of hydrogen-bond acceptors (Lipinski definition) is 4. The minimum absolute atomic E-state index is 0.810. The number of nitrogens with one attached hydrogen (secondary N) is 1. The van der Waals surface area contributed by atoms with Crippen molar-refractivity contribution in [1.29, 1.82) is 0 Å². The van der Waals surface area contributed by atoms with Gasteiger partial charge in [0.1, 0.15) is 4.38 Å². The van der Waals surface area contributed by atoms with E-state index in [1.807, 2.05) is 23.5 Å². The monoisotopic (exact) mass is 188 g/mol. The summed E-state index contributed by atoms with van der Waals surface area (Å²) in [5.41, 5.74) is 0. The normalized spacial score (nSPS) is 30.2. The summed E-state index contributed by atoms with van der Waals surface area (Å²) in [6.07, 6.45) is 1.31. The first-order valence-electron chi connectivity index (χ1n) is 3.96. The summed E-state index contributed by atoms with van der Waals surface area (Å²) in [7, 11) is 0. The van der Waals surface area contributed by atoms with Crippen molar-refractivity contribution in [2.45, 2.75) is 6.42 Å². The molecule has 0 aromatic heterocycles. The molecule has 0 bridgehead atoms. The molecular formula is C7H12N2S2. The van der Waals surface area contributed by atoms with Crippen LogP contribution in [0.15, 0.2) is 4.99 Å². The topological polar surface area (TPSA) is 24.4 Å². The summed E-state index contributed by atoms with van der Waals surface area (Å²) in [6, 6.07) is 0. The van der Waals surface area contributed by atoms with E-state index in [0.717, 1.165) is 12.5 Å². The van der Waals surface area contributed by atoms with Crippen molar-refractivity contribution in [1.82, 2.24) is 5.32 Å². The fourth-order valence-corrected chi connectivity index (χ4v) is 2.50. The van der Waals surface area contributed by atoms with E-state index in [0.29, 0.717) is 0 Å². The molecule has 4 heteroatoms. The maximum atomic E-state index is 4.51. The molecule has 0 aliphatic carbocycles. The summed E-state index contributed by atoms with van der Waals surface area (Å²) in [5.74, 6) is 0.810. The van der Waals surface area contributed by atoms with Crippen LogP contribution in [-0.4, -0.2) is 29.1 Å². The van der Waals surface area contributed by atoms with Gasteiger partial charge in [-0.3, -0.25) is 4.99 Å². The summed E-state index contributed by atoms with van der Waals surface area (Å²) < 4.78 is 1.30. The van der Waals surface area contributed by atoms with Gasteiger partial charge in [-0.05, 0) is 25.4 Å². The Hall–Kier alpha value is 0.330. The third-order valence-electron chi connectivity index (χ3n) is 2.01. The molecule has 2 nitrogen and oxygen atoms in total. The maximum absolute atomic E-state index is 4.51. The highest BCUT2D eigenvalue weighted by atomic mass is 32.3. The van der Waals surface area contributed by atoms with Crippen LogP contribution in [0.3, 0.4) is 0 Å². The minimum atomic E-state index is 0.810. The minimum Gasteiger partial charge on any atom is -0.316 e. The molecule has 62 valence electrons. The zero-order chi connectivity index (χ0) is 7.52. The highest BCUT2D eigenvalue weighted by molar-refractivity contribution is 8.52. The van der Waals surface area contributed by atoms with Crippen molar-refractivity contribution in [2.24, 2.45) is 10.9 Å². The molecule has 2 aliphatic heterocycles. The predicted molar refractivity (Wildman–Crippen MR) is 53.3 cm³/mol. The van der Waals surface area contributed by atoms with Crippen LogP contribution in [0.4, 0.5) is 0 Å². The molecule has 1 atom stereocenters. The quantitative estimate of drug-likeness (QED) is 0.708. The molecule has 2 heterocycles. The SMILES string of the molecule is C1CC(CN=C2SCS2)CN1. The van der Waals surface area contributed by atoms with Gasteiger partial charge in [0.05, 0.1) is 5.08 Å². The zero-order valence-electron chi connectivity index (χ0n) is 6.38. The third-order valence-corrected chi connectivity index (χ3v) is 4.41. The molecule has 0 amide bonds. The van der Waals surface area contributed by atoms with Gasteiger partial charge in [0.15, 0.2) is 0 Å². The van der Waals surface area contributed by atoms with Crippen molar-refractivity contribution in [2.75, 3.05) is 24.7 Å². The van der Waals surface area contributed by atoms with Crippen LogP contribution in [0.5, 0.6) is 0 Å². The standard InChI is InChI=1S/C7H12N2S2/c1-2-8-3-6(1)4-9-7-10-5-11-7/h6,8H,1-5H2. The Balaban J connectivity index is 1.72. The molecule has 1 unspecified atom stereocenters. The van der Waals surface area contributed by atoms with Gasteiger partial charge in [0, 0.05) is 6.54 Å². The summed E-state index contributed by atoms with van der Waals surface area (Å²) in [4.78, 5) is 4.51. The van der Waals surface area contributed by atoms with Crippen LogP contribution >= 0.6 is 23.5 Å². The Morgan fingerprint density at radius 2 is 2.45 bits per heavy atom. The Labute approximate surface area is 75.6 Å². The molecule has 2 aliphatic rings. The Morgan fingerprint density at radius 3 is 3.00 bits per heavy atom. The second-order valence-electron chi connectivity index (χ2n) is 2.87. The van der Waals surface area contributed by atoms with Crippen LogP contribution in [0.25, 0.3) is 0 Å². The van der Waals surface area contributed by atoms with E-state index in [1.165, 1.54) is 29.0 Å². The molecule has 2 fully saturated rings. The highest BCUT2D eigenvalue weighted by Gasteiger charge is 2.16. The molecule has 0 aromatic rings. The molecule has 11 heavy (non-hydrogen) atoms. The van der Waals surface area contributed by atoms with Gasteiger partial charge in [0.2, 0.25) is 0 Å².